The van der Waals surface area contributed by atoms with Gasteiger partial charge in [-0.1, -0.05) is 48.0 Å². The summed E-state index contributed by atoms with van der Waals surface area (Å²) < 4.78 is 8.04. The summed E-state index contributed by atoms with van der Waals surface area (Å²) in [6.45, 7) is 4.48. The van der Waals surface area contributed by atoms with Crippen LogP contribution in [-0.2, 0) is 5.75 Å². The highest BCUT2D eigenvalue weighted by Gasteiger charge is 2.43. The lowest BCUT2D eigenvalue weighted by Gasteiger charge is -2.30. The summed E-state index contributed by atoms with van der Waals surface area (Å²) in [5.41, 5.74) is 2.61. The molecule has 0 N–H and O–H groups in total. The number of thioether (sulfide) groups is 1. The quantitative estimate of drug-likeness (QED) is 0.472. The zero-order valence-corrected chi connectivity index (χ0v) is 17.4. The third kappa shape index (κ3) is 3.30. The second kappa shape index (κ2) is 7.43. The molecule has 2 fully saturated rings. The van der Waals surface area contributed by atoms with Crippen LogP contribution in [0.5, 0.6) is 0 Å². The molecule has 5 heteroatoms. The molecule has 0 saturated heterocycles. The van der Waals surface area contributed by atoms with Crippen molar-refractivity contribution in [3.8, 4) is 11.6 Å². The van der Waals surface area contributed by atoms with Crippen molar-refractivity contribution in [3.63, 3.8) is 0 Å². The largest absolute Gasteiger partial charge is 0.461 e. The lowest BCUT2D eigenvalue weighted by Crippen LogP contribution is -2.23. The molecule has 2 saturated carbocycles. The van der Waals surface area contributed by atoms with Crippen molar-refractivity contribution in [2.24, 2.45) is 17.8 Å². The minimum absolute atomic E-state index is 0.394. The number of fused-ring (bicyclic) bond motifs is 2. The maximum absolute atomic E-state index is 5.69. The number of aromatic nitrogens is 3. The van der Waals surface area contributed by atoms with Crippen LogP contribution in [0, 0.1) is 24.7 Å². The third-order valence-electron chi connectivity index (χ3n) is 6.71. The van der Waals surface area contributed by atoms with Gasteiger partial charge in [-0.2, -0.15) is 0 Å². The first-order valence-corrected chi connectivity index (χ1v) is 11.3. The fourth-order valence-corrected chi connectivity index (χ4v) is 6.20. The predicted molar refractivity (Wildman–Crippen MR) is 112 cm³/mol. The van der Waals surface area contributed by atoms with Gasteiger partial charge in [0.2, 0.25) is 5.82 Å². The molecule has 146 valence electrons. The van der Waals surface area contributed by atoms with Gasteiger partial charge in [-0.15, -0.1) is 10.2 Å². The summed E-state index contributed by atoms with van der Waals surface area (Å²) >= 11 is 1.78. The highest BCUT2D eigenvalue weighted by molar-refractivity contribution is 7.98. The number of furan rings is 1. The number of aryl methyl sites for hydroxylation is 1. The van der Waals surface area contributed by atoms with Crippen LogP contribution in [-0.4, -0.2) is 14.8 Å². The lowest BCUT2D eigenvalue weighted by atomic mass is 9.84. The molecule has 0 spiro atoms. The van der Waals surface area contributed by atoms with Gasteiger partial charge < -0.3 is 4.42 Å². The first-order chi connectivity index (χ1) is 13.7. The zero-order chi connectivity index (χ0) is 19.1. The summed E-state index contributed by atoms with van der Waals surface area (Å²) in [4.78, 5) is 0. The summed E-state index contributed by atoms with van der Waals surface area (Å²) in [6.07, 6.45) is 7.30. The fourth-order valence-electron chi connectivity index (χ4n) is 5.22. The van der Waals surface area contributed by atoms with Crippen LogP contribution in [0.2, 0.25) is 0 Å². The Morgan fingerprint density at radius 2 is 2.00 bits per heavy atom. The van der Waals surface area contributed by atoms with Crippen LogP contribution in [0.15, 0.2) is 52.2 Å². The van der Waals surface area contributed by atoms with E-state index in [1.165, 1.54) is 36.8 Å². The highest BCUT2D eigenvalue weighted by atomic mass is 32.2. The van der Waals surface area contributed by atoms with Gasteiger partial charge in [-0.25, -0.2) is 0 Å². The van der Waals surface area contributed by atoms with Crippen molar-refractivity contribution in [2.75, 3.05) is 0 Å². The van der Waals surface area contributed by atoms with E-state index < -0.39 is 0 Å². The van der Waals surface area contributed by atoms with Crippen molar-refractivity contribution in [1.82, 2.24) is 14.8 Å². The van der Waals surface area contributed by atoms with Gasteiger partial charge in [0.25, 0.3) is 0 Å². The Kier molecular flexibility index (Phi) is 4.79. The van der Waals surface area contributed by atoms with Gasteiger partial charge in [-0.05, 0) is 68.6 Å². The molecule has 2 aliphatic rings. The fraction of sp³-hybridized carbons (Fsp3) is 0.478. The number of rotatable bonds is 6. The van der Waals surface area contributed by atoms with E-state index in [4.69, 9.17) is 4.42 Å². The lowest BCUT2D eigenvalue weighted by molar-refractivity contribution is 0.235. The molecule has 0 radical (unpaired) electrons. The number of hydrogen-bond acceptors (Lipinski definition) is 4. The van der Waals surface area contributed by atoms with Crippen LogP contribution in [0.25, 0.3) is 11.6 Å². The Labute approximate surface area is 170 Å². The van der Waals surface area contributed by atoms with Crippen molar-refractivity contribution in [3.05, 3.63) is 53.8 Å². The molecule has 2 bridgehead atoms. The topological polar surface area (TPSA) is 43.9 Å². The molecule has 0 amide bonds. The second-order valence-corrected chi connectivity index (χ2v) is 9.45. The minimum Gasteiger partial charge on any atom is -0.461 e. The highest BCUT2D eigenvalue weighted by Crippen LogP contribution is 2.53. The van der Waals surface area contributed by atoms with E-state index >= 15 is 0 Å². The monoisotopic (exact) mass is 393 g/mol. The van der Waals surface area contributed by atoms with Crippen molar-refractivity contribution >= 4 is 11.8 Å². The van der Waals surface area contributed by atoms with E-state index in [1.54, 1.807) is 18.0 Å². The summed E-state index contributed by atoms with van der Waals surface area (Å²) in [5, 5.41) is 10.1. The van der Waals surface area contributed by atoms with Gasteiger partial charge in [0.05, 0.1) is 6.26 Å². The second-order valence-electron chi connectivity index (χ2n) is 8.51. The average Bonchev–Trinajstić information content (AvgIpc) is 3.50. The summed E-state index contributed by atoms with van der Waals surface area (Å²) in [7, 11) is 0. The van der Waals surface area contributed by atoms with Gasteiger partial charge in [0, 0.05) is 11.8 Å². The Morgan fingerprint density at radius 3 is 2.68 bits per heavy atom. The van der Waals surface area contributed by atoms with Gasteiger partial charge in [-0.3, -0.25) is 4.57 Å². The minimum atomic E-state index is 0.394. The van der Waals surface area contributed by atoms with Gasteiger partial charge in [0.1, 0.15) is 0 Å². The Balaban J connectivity index is 1.44. The molecular weight excluding hydrogens is 366 g/mol. The number of hydrogen-bond donors (Lipinski definition) is 0. The molecule has 28 heavy (non-hydrogen) atoms. The molecule has 2 aliphatic carbocycles. The van der Waals surface area contributed by atoms with E-state index in [0.717, 1.165) is 40.2 Å². The van der Waals surface area contributed by atoms with Crippen LogP contribution < -0.4 is 0 Å². The van der Waals surface area contributed by atoms with Crippen LogP contribution in [0.1, 0.15) is 49.8 Å². The maximum Gasteiger partial charge on any atom is 0.200 e. The molecule has 4 nitrogen and oxygen atoms in total. The number of benzene rings is 1. The smallest absolute Gasteiger partial charge is 0.200 e. The molecular formula is C23H27N3OS. The first kappa shape index (κ1) is 18.0. The van der Waals surface area contributed by atoms with E-state index in [0.29, 0.717) is 6.04 Å². The molecule has 1 aromatic carbocycles. The van der Waals surface area contributed by atoms with E-state index in [1.807, 2.05) is 12.1 Å². The van der Waals surface area contributed by atoms with E-state index in [-0.39, 0.29) is 0 Å². The molecule has 4 atom stereocenters. The van der Waals surface area contributed by atoms with Crippen LogP contribution >= 0.6 is 11.8 Å². The first-order valence-electron chi connectivity index (χ1n) is 10.4. The van der Waals surface area contributed by atoms with Gasteiger partial charge in [0.15, 0.2) is 10.9 Å². The van der Waals surface area contributed by atoms with Crippen LogP contribution in [0.3, 0.4) is 0 Å². The Bertz CT molecular complexity index is 931. The van der Waals surface area contributed by atoms with Crippen molar-refractivity contribution < 1.29 is 4.42 Å². The summed E-state index contributed by atoms with van der Waals surface area (Å²) in [5.74, 6) is 5.10. The molecule has 0 aliphatic heterocycles. The SMILES string of the molecule is Cc1ccc(CSc2nnc(-c3ccco3)n2C(C)C2CC3CCC2C3)cc1. The molecule has 2 heterocycles. The molecule has 4 unspecified atom stereocenters. The maximum atomic E-state index is 5.69. The zero-order valence-electron chi connectivity index (χ0n) is 16.5. The Hall–Kier alpha value is -2.01. The van der Waals surface area contributed by atoms with Crippen LogP contribution in [0.4, 0.5) is 0 Å². The average molecular weight is 394 g/mol. The van der Waals surface area contributed by atoms with Crippen molar-refractivity contribution in [1.29, 1.82) is 0 Å². The molecule has 2 aromatic heterocycles. The van der Waals surface area contributed by atoms with E-state index in [2.05, 4.69) is 52.9 Å². The normalized spacial score (nSPS) is 24.7. The van der Waals surface area contributed by atoms with E-state index in [9.17, 15) is 0 Å². The number of nitrogens with zero attached hydrogens (tertiary/aromatic N) is 3. The van der Waals surface area contributed by atoms with Gasteiger partial charge >= 0.3 is 0 Å². The third-order valence-corrected chi connectivity index (χ3v) is 7.73. The summed E-state index contributed by atoms with van der Waals surface area (Å²) in [6, 6.07) is 13.1. The van der Waals surface area contributed by atoms with Crippen molar-refractivity contribution in [2.45, 2.75) is 56.5 Å². The predicted octanol–water partition coefficient (Wildman–Crippen LogP) is 6.14. The Morgan fingerprint density at radius 1 is 1.14 bits per heavy atom. The standard InChI is InChI=1S/C23H27N3OS/c1-15-5-7-17(8-6-15)14-28-23-25-24-22(21-4-3-11-27-21)26(23)16(2)20-13-18-9-10-19(20)12-18/h3-8,11,16,18-20H,9-10,12-14H2,1-2H3. The molecule has 3 aromatic rings. The molecule has 5 rings (SSSR count).